The molecule has 0 radical (unpaired) electrons. The molecule has 1 fully saturated rings. The van der Waals surface area contributed by atoms with E-state index in [0.717, 1.165) is 30.7 Å². The topological polar surface area (TPSA) is 94.2 Å². The minimum absolute atomic E-state index is 0.227. The van der Waals surface area contributed by atoms with E-state index in [-0.39, 0.29) is 6.04 Å². The fourth-order valence-corrected chi connectivity index (χ4v) is 3.74. The first-order chi connectivity index (χ1) is 12.7. The molecule has 1 amide bonds. The lowest BCUT2D eigenvalue weighted by Crippen LogP contribution is -2.44. The van der Waals surface area contributed by atoms with Gasteiger partial charge in [0.05, 0.1) is 17.0 Å². The number of anilines is 1. The van der Waals surface area contributed by atoms with Crippen LogP contribution in [0.25, 0.3) is 10.9 Å². The summed E-state index contributed by atoms with van der Waals surface area (Å²) in [5, 5.41) is 7.96. The zero-order valence-electron chi connectivity index (χ0n) is 14.4. The number of primary amides is 1. The highest BCUT2D eigenvalue weighted by atomic mass is 16.1. The van der Waals surface area contributed by atoms with Crippen molar-refractivity contribution >= 4 is 22.6 Å². The van der Waals surface area contributed by atoms with Crippen LogP contribution in [0.3, 0.4) is 0 Å². The van der Waals surface area contributed by atoms with Crippen molar-refractivity contribution in [3.05, 3.63) is 66.0 Å². The molecule has 132 valence electrons. The predicted octanol–water partition coefficient (Wildman–Crippen LogP) is 1.71. The number of nitrogens with zero attached hydrogens (tertiary/aromatic N) is 1. The summed E-state index contributed by atoms with van der Waals surface area (Å²) < 4.78 is 0. The Morgan fingerprint density at radius 3 is 2.85 bits per heavy atom. The number of carbonyl (C=O) groups excluding carboxylic acids is 1. The molecule has 6 heteroatoms. The molecular weight excluding hydrogens is 326 g/mol. The summed E-state index contributed by atoms with van der Waals surface area (Å²) >= 11 is 0. The van der Waals surface area contributed by atoms with Gasteiger partial charge in [-0.25, -0.2) is 4.98 Å². The quantitative estimate of drug-likeness (QED) is 0.669. The molecule has 6 nitrogen and oxygen atoms in total. The Morgan fingerprint density at radius 1 is 1.19 bits per heavy atom. The van der Waals surface area contributed by atoms with Crippen molar-refractivity contribution in [2.75, 3.05) is 18.4 Å². The summed E-state index contributed by atoms with van der Waals surface area (Å²) in [5.41, 5.74) is 7.87. The lowest BCUT2D eigenvalue weighted by Gasteiger charge is -2.31. The maximum atomic E-state index is 11.7. The standard InChI is InChI=1S/C20H21N5O/c21-19(26)15-7-4-8-16-18(15)23-12-24-20(16)25-17-11-22-10-9-14(17)13-5-2-1-3-6-13/h1-8,12,14,17,22H,9-11H2,(H2,21,26)(H,23,24,25)/p+1. The summed E-state index contributed by atoms with van der Waals surface area (Å²) in [6, 6.07) is 16.3. The monoisotopic (exact) mass is 348 g/mol. The van der Waals surface area contributed by atoms with Crippen molar-refractivity contribution in [1.82, 2.24) is 10.3 Å². The van der Waals surface area contributed by atoms with Crippen LogP contribution in [0.4, 0.5) is 5.82 Å². The molecule has 5 N–H and O–H groups in total. The number of aromatic amines is 1. The van der Waals surface area contributed by atoms with Gasteiger partial charge in [-0.05, 0) is 30.7 Å². The third kappa shape index (κ3) is 3.11. The van der Waals surface area contributed by atoms with Crippen molar-refractivity contribution in [2.45, 2.75) is 18.4 Å². The normalized spacial score (nSPS) is 20.0. The number of benzene rings is 2. The Labute approximate surface area is 151 Å². The molecule has 3 aromatic rings. The number of aromatic nitrogens is 2. The molecule has 0 aliphatic carbocycles. The maximum Gasteiger partial charge on any atom is 0.252 e. The van der Waals surface area contributed by atoms with Gasteiger partial charge in [0.15, 0.2) is 5.52 Å². The van der Waals surface area contributed by atoms with Crippen molar-refractivity contribution < 1.29 is 9.78 Å². The number of rotatable bonds is 4. The Balaban J connectivity index is 1.70. The lowest BCUT2D eigenvalue weighted by molar-refractivity contribution is -0.364. The van der Waals surface area contributed by atoms with Crippen molar-refractivity contribution in [2.24, 2.45) is 5.73 Å². The van der Waals surface area contributed by atoms with Crippen LogP contribution in [0.5, 0.6) is 0 Å². The van der Waals surface area contributed by atoms with E-state index in [1.807, 2.05) is 18.2 Å². The highest BCUT2D eigenvalue weighted by molar-refractivity contribution is 6.06. The van der Waals surface area contributed by atoms with E-state index in [0.29, 0.717) is 17.0 Å². The SMILES string of the molecule is NC(=O)c1cccc2c(NC3CNCCC3c3ccccc3)[nH+]cnc12. The number of piperidine rings is 1. The second-order valence-electron chi connectivity index (χ2n) is 6.60. The minimum atomic E-state index is -0.471. The molecule has 1 aliphatic heterocycles. The fraction of sp³-hybridized carbons (Fsp3) is 0.250. The van der Waals surface area contributed by atoms with Crippen molar-refractivity contribution in [1.29, 1.82) is 0 Å². The zero-order valence-corrected chi connectivity index (χ0v) is 14.4. The van der Waals surface area contributed by atoms with Gasteiger partial charge in [-0.3, -0.25) is 4.79 Å². The van der Waals surface area contributed by atoms with Crippen molar-refractivity contribution in [3.63, 3.8) is 0 Å². The van der Waals surface area contributed by atoms with E-state index in [9.17, 15) is 4.79 Å². The third-order valence-electron chi connectivity index (χ3n) is 5.01. The Bertz CT molecular complexity index is 928. The molecule has 0 spiro atoms. The van der Waals surface area contributed by atoms with Gasteiger partial charge in [0.25, 0.3) is 5.91 Å². The van der Waals surface area contributed by atoms with Gasteiger partial charge in [0.1, 0.15) is 0 Å². The molecule has 0 saturated carbocycles. The molecule has 1 aliphatic rings. The number of amides is 1. The molecule has 1 aromatic heterocycles. The number of para-hydroxylation sites is 1. The van der Waals surface area contributed by atoms with Gasteiger partial charge >= 0.3 is 0 Å². The van der Waals surface area contributed by atoms with Gasteiger partial charge in [0.2, 0.25) is 12.1 Å². The summed E-state index contributed by atoms with van der Waals surface area (Å²) in [7, 11) is 0. The summed E-state index contributed by atoms with van der Waals surface area (Å²) in [5.74, 6) is 0.794. The number of fused-ring (bicyclic) bond motifs is 1. The Hall–Kier alpha value is -2.99. The van der Waals surface area contributed by atoms with E-state index in [1.54, 1.807) is 12.4 Å². The van der Waals surface area contributed by atoms with Gasteiger partial charge in [-0.15, -0.1) is 4.98 Å². The first kappa shape index (κ1) is 16.5. The molecule has 2 heterocycles. The average molecular weight is 348 g/mol. The molecule has 0 bridgehead atoms. The van der Waals surface area contributed by atoms with Crippen LogP contribution in [0.2, 0.25) is 0 Å². The molecule has 2 unspecified atom stereocenters. The smallest absolute Gasteiger partial charge is 0.252 e. The van der Waals surface area contributed by atoms with E-state index < -0.39 is 5.91 Å². The van der Waals surface area contributed by atoms with E-state index in [1.165, 1.54) is 5.56 Å². The Kier molecular flexibility index (Phi) is 4.50. The molecule has 2 atom stereocenters. The second-order valence-corrected chi connectivity index (χ2v) is 6.60. The third-order valence-corrected chi connectivity index (χ3v) is 5.01. The van der Waals surface area contributed by atoms with E-state index >= 15 is 0 Å². The van der Waals surface area contributed by atoms with E-state index in [4.69, 9.17) is 5.73 Å². The van der Waals surface area contributed by atoms with Gasteiger partial charge < -0.3 is 16.4 Å². The molecule has 26 heavy (non-hydrogen) atoms. The van der Waals surface area contributed by atoms with Crippen LogP contribution < -0.4 is 21.4 Å². The number of nitrogens with one attached hydrogen (secondary N) is 3. The van der Waals surface area contributed by atoms with Crippen molar-refractivity contribution in [3.8, 4) is 0 Å². The number of hydrogen-bond acceptors (Lipinski definition) is 4. The van der Waals surface area contributed by atoms with Crippen LogP contribution in [0.15, 0.2) is 54.9 Å². The second kappa shape index (κ2) is 7.09. The number of H-pyrrole nitrogens is 1. The van der Waals surface area contributed by atoms with Crippen LogP contribution in [-0.2, 0) is 0 Å². The highest BCUT2D eigenvalue weighted by Gasteiger charge is 2.29. The Morgan fingerprint density at radius 2 is 2.04 bits per heavy atom. The summed E-state index contributed by atoms with van der Waals surface area (Å²) in [4.78, 5) is 19.2. The average Bonchev–Trinajstić information content (AvgIpc) is 2.69. The first-order valence-corrected chi connectivity index (χ1v) is 8.85. The molecule has 4 rings (SSSR count). The van der Waals surface area contributed by atoms with Crippen LogP contribution >= 0.6 is 0 Å². The van der Waals surface area contributed by atoms with Gasteiger partial charge in [0, 0.05) is 12.5 Å². The predicted molar refractivity (Wildman–Crippen MR) is 101 cm³/mol. The van der Waals surface area contributed by atoms with Crippen LogP contribution in [-0.4, -0.2) is 30.0 Å². The highest BCUT2D eigenvalue weighted by Crippen LogP contribution is 2.29. The zero-order chi connectivity index (χ0) is 17.9. The number of hydrogen-bond donors (Lipinski definition) is 3. The van der Waals surface area contributed by atoms with E-state index in [2.05, 4.69) is 44.9 Å². The summed E-state index contributed by atoms with van der Waals surface area (Å²) in [6.07, 6.45) is 2.67. The molecular formula is C20H22N5O+. The number of nitrogens with two attached hydrogens (primary N) is 1. The van der Waals surface area contributed by atoms with Gasteiger partial charge in [-0.2, -0.15) is 0 Å². The summed E-state index contributed by atoms with van der Waals surface area (Å²) in [6.45, 7) is 1.87. The minimum Gasteiger partial charge on any atom is -0.365 e. The molecule has 2 aromatic carbocycles. The fourth-order valence-electron chi connectivity index (χ4n) is 3.74. The number of carbonyl (C=O) groups is 1. The first-order valence-electron chi connectivity index (χ1n) is 8.85. The largest absolute Gasteiger partial charge is 0.365 e. The molecule has 1 saturated heterocycles. The van der Waals surface area contributed by atoms with Gasteiger partial charge in [-0.1, -0.05) is 36.4 Å². The lowest BCUT2D eigenvalue weighted by atomic mass is 9.86. The van der Waals surface area contributed by atoms with Crippen LogP contribution in [0, 0.1) is 0 Å². The maximum absolute atomic E-state index is 11.7. The van der Waals surface area contributed by atoms with Crippen LogP contribution in [0.1, 0.15) is 28.3 Å².